The maximum atomic E-state index is 12.7. The Labute approximate surface area is 171 Å². The monoisotopic (exact) mass is 415 g/mol. The molecular weight excluding hydrogens is 394 g/mol. The molecule has 0 aliphatic carbocycles. The summed E-state index contributed by atoms with van der Waals surface area (Å²) in [5.41, 5.74) is 1.21. The largest absolute Gasteiger partial charge is 0.481 e. The van der Waals surface area contributed by atoms with E-state index in [-0.39, 0.29) is 12.5 Å². The molecule has 0 unspecified atom stereocenters. The lowest BCUT2D eigenvalue weighted by atomic mass is 10.1. The zero-order valence-corrected chi connectivity index (χ0v) is 17.5. The molecule has 1 amide bonds. The third kappa shape index (κ3) is 4.43. The van der Waals surface area contributed by atoms with E-state index >= 15 is 0 Å². The lowest BCUT2D eigenvalue weighted by Gasteiger charge is -2.15. The van der Waals surface area contributed by atoms with Gasteiger partial charge in [0.2, 0.25) is 0 Å². The molecule has 0 saturated carbocycles. The molecule has 0 spiro atoms. The lowest BCUT2D eigenvalue weighted by Crippen LogP contribution is -2.30. The second kappa shape index (κ2) is 9.03. The van der Waals surface area contributed by atoms with Crippen molar-refractivity contribution in [3.8, 4) is 16.2 Å². The Kier molecular flexibility index (Phi) is 6.49. The summed E-state index contributed by atoms with van der Waals surface area (Å²) in [6.07, 6.45) is -0.718. The Morgan fingerprint density at radius 1 is 1.14 bits per heavy atom. The number of thiophene rings is 2. The van der Waals surface area contributed by atoms with Crippen LogP contribution in [0.4, 0.5) is 5.00 Å². The molecular formula is C21H21NO4S2. The van der Waals surface area contributed by atoms with E-state index in [0.29, 0.717) is 16.3 Å². The molecule has 28 heavy (non-hydrogen) atoms. The summed E-state index contributed by atoms with van der Waals surface area (Å²) < 4.78 is 10.9. The molecule has 1 N–H and O–H groups in total. The highest BCUT2D eigenvalue weighted by Crippen LogP contribution is 2.42. The number of nitrogens with one attached hydrogen (secondary N) is 1. The van der Waals surface area contributed by atoms with Gasteiger partial charge in [-0.25, -0.2) is 4.79 Å². The number of amides is 1. The molecule has 7 heteroatoms. The highest BCUT2D eigenvalue weighted by atomic mass is 32.1. The molecule has 0 bridgehead atoms. The van der Waals surface area contributed by atoms with Crippen LogP contribution in [0.5, 0.6) is 5.75 Å². The summed E-state index contributed by atoms with van der Waals surface area (Å²) in [7, 11) is 0. The fraction of sp³-hybridized carbons (Fsp3) is 0.238. The first kappa shape index (κ1) is 20.1. The predicted octanol–water partition coefficient (Wildman–Crippen LogP) is 5.37. The number of hydrogen-bond acceptors (Lipinski definition) is 6. The van der Waals surface area contributed by atoms with Gasteiger partial charge < -0.3 is 14.8 Å². The van der Waals surface area contributed by atoms with Gasteiger partial charge >= 0.3 is 5.97 Å². The van der Waals surface area contributed by atoms with Gasteiger partial charge in [-0.1, -0.05) is 24.3 Å². The standard InChI is InChI=1S/C21H21NO4S2/c1-4-25-21(24)18-17(16-11-8-12-27-16)14(3)28-20(18)22-19(23)13(2)26-15-9-6-5-7-10-15/h5-13H,4H2,1-3H3,(H,22,23)/t13-/m1/s1. The first-order valence-electron chi connectivity index (χ1n) is 8.88. The van der Waals surface area contributed by atoms with Gasteiger partial charge in [0.1, 0.15) is 16.3 Å². The molecule has 1 atom stereocenters. The Morgan fingerprint density at radius 3 is 2.54 bits per heavy atom. The SMILES string of the molecule is CCOC(=O)c1c(NC(=O)[C@@H](C)Oc2ccccc2)sc(C)c1-c1cccs1. The van der Waals surface area contributed by atoms with Gasteiger partial charge in [-0.2, -0.15) is 0 Å². The fourth-order valence-corrected chi connectivity index (χ4v) is 4.68. The van der Waals surface area contributed by atoms with Gasteiger partial charge in [-0.3, -0.25) is 4.79 Å². The number of carbonyl (C=O) groups is 2. The van der Waals surface area contributed by atoms with Gasteiger partial charge in [-0.15, -0.1) is 22.7 Å². The fourth-order valence-electron chi connectivity index (χ4n) is 2.72. The Morgan fingerprint density at radius 2 is 1.89 bits per heavy atom. The van der Waals surface area contributed by atoms with E-state index in [1.807, 2.05) is 42.6 Å². The molecule has 3 rings (SSSR count). The van der Waals surface area contributed by atoms with Crippen molar-refractivity contribution < 1.29 is 19.1 Å². The minimum atomic E-state index is -0.718. The first-order chi connectivity index (χ1) is 13.5. The normalized spacial score (nSPS) is 11.7. The zero-order chi connectivity index (χ0) is 20.1. The topological polar surface area (TPSA) is 64.6 Å². The number of carbonyl (C=O) groups excluding carboxylic acids is 2. The van der Waals surface area contributed by atoms with E-state index in [0.717, 1.165) is 15.3 Å². The van der Waals surface area contributed by atoms with Crippen molar-refractivity contribution in [2.45, 2.75) is 26.9 Å². The van der Waals surface area contributed by atoms with Crippen LogP contribution in [0.25, 0.3) is 10.4 Å². The summed E-state index contributed by atoms with van der Waals surface area (Å²) in [5.74, 6) is -0.159. The minimum Gasteiger partial charge on any atom is -0.481 e. The third-order valence-electron chi connectivity index (χ3n) is 3.99. The van der Waals surface area contributed by atoms with Crippen molar-refractivity contribution in [3.05, 3.63) is 58.3 Å². The predicted molar refractivity (Wildman–Crippen MR) is 113 cm³/mol. The number of rotatable bonds is 7. The van der Waals surface area contributed by atoms with Crippen molar-refractivity contribution in [1.29, 1.82) is 0 Å². The molecule has 146 valence electrons. The molecule has 2 aromatic heterocycles. The molecule has 3 aromatic rings. The molecule has 0 fully saturated rings. The summed E-state index contributed by atoms with van der Waals surface area (Å²) >= 11 is 2.91. The van der Waals surface area contributed by atoms with Crippen LogP contribution in [0.3, 0.4) is 0 Å². The smallest absolute Gasteiger partial charge is 0.341 e. The number of esters is 1. The van der Waals surface area contributed by atoms with E-state index in [1.54, 1.807) is 37.3 Å². The quantitative estimate of drug-likeness (QED) is 0.527. The molecule has 0 radical (unpaired) electrons. The van der Waals surface area contributed by atoms with Crippen LogP contribution < -0.4 is 10.1 Å². The highest BCUT2D eigenvalue weighted by Gasteiger charge is 2.27. The van der Waals surface area contributed by atoms with Crippen molar-refractivity contribution >= 4 is 39.6 Å². The van der Waals surface area contributed by atoms with Crippen LogP contribution in [0.15, 0.2) is 47.8 Å². The summed E-state index contributed by atoms with van der Waals surface area (Å²) in [5, 5.41) is 5.28. The van der Waals surface area contributed by atoms with Crippen LogP contribution in [0.2, 0.25) is 0 Å². The highest BCUT2D eigenvalue weighted by molar-refractivity contribution is 7.18. The number of benzene rings is 1. The second-order valence-electron chi connectivity index (χ2n) is 6.00. The van der Waals surface area contributed by atoms with Gasteiger partial charge in [0.05, 0.1) is 6.61 Å². The Bertz CT molecular complexity index is 948. The van der Waals surface area contributed by atoms with Crippen molar-refractivity contribution in [2.24, 2.45) is 0 Å². The van der Waals surface area contributed by atoms with Crippen LogP contribution >= 0.6 is 22.7 Å². The van der Waals surface area contributed by atoms with Crippen LogP contribution in [-0.4, -0.2) is 24.6 Å². The molecule has 5 nitrogen and oxygen atoms in total. The van der Waals surface area contributed by atoms with Crippen LogP contribution in [0, 0.1) is 6.92 Å². The summed E-state index contributed by atoms with van der Waals surface area (Å²) in [6, 6.07) is 13.0. The van der Waals surface area contributed by atoms with Gasteiger partial charge in [0, 0.05) is 15.3 Å². The maximum Gasteiger partial charge on any atom is 0.341 e. The number of ether oxygens (including phenoxy) is 2. The average molecular weight is 416 g/mol. The van der Waals surface area contributed by atoms with Crippen molar-refractivity contribution in [1.82, 2.24) is 0 Å². The minimum absolute atomic E-state index is 0.262. The number of anilines is 1. The van der Waals surface area contributed by atoms with Crippen molar-refractivity contribution in [3.63, 3.8) is 0 Å². The molecule has 0 aliphatic heterocycles. The van der Waals surface area contributed by atoms with Crippen LogP contribution in [-0.2, 0) is 9.53 Å². The van der Waals surface area contributed by atoms with E-state index < -0.39 is 12.1 Å². The van der Waals surface area contributed by atoms with E-state index in [1.165, 1.54) is 11.3 Å². The number of hydrogen-bond donors (Lipinski definition) is 1. The second-order valence-corrected chi connectivity index (χ2v) is 8.17. The number of aryl methyl sites for hydroxylation is 1. The maximum absolute atomic E-state index is 12.7. The molecule has 1 aromatic carbocycles. The van der Waals surface area contributed by atoms with Gasteiger partial charge in [0.15, 0.2) is 6.10 Å². The molecule has 0 aliphatic rings. The van der Waals surface area contributed by atoms with E-state index in [9.17, 15) is 9.59 Å². The molecule has 0 saturated heterocycles. The Hall–Kier alpha value is -2.64. The molecule has 2 heterocycles. The van der Waals surface area contributed by atoms with Crippen molar-refractivity contribution in [2.75, 3.05) is 11.9 Å². The summed E-state index contributed by atoms with van der Waals surface area (Å²) in [4.78, 5) is 27.2. The lowest BCUT2D eigenvalue weighted by molar-refractivity contribution is -0.122. The van der Waals surface area contributed by atoms with Crippen LogP contribution in [0.1, 0.15) is 29.1 Å². The average Bonchev–Trinajstić information content (AvgIpc) is 3.30. The first-order valence-corrected chi connectivity index (χ1v) is 10.6. The zero-order valence-electron chi connectivity index (χ0n) is 15.9. The Balaban J connectivity index is 1.87. The van der Waals surface area contributed by atoms with E-state index in [4.69, 9.17) is 9.47 Å². The van der Waals surface area contributed by atoms with Gasteiger partial charge in [0.25, 0.3) is 5.91 Å². The summed E-state index contributed by atoms with van der Waals surface area (Å²) in [6.45, 7) is 5.63. The number of para-hydroxylation sites is 1. The van der Waals surface area contributed by atoms with E-state index in [2.05, 4.69) is 5.32 Å². The van der Waals surface area contributed by atoms with Gasteiger partial charge in [-0.05, 0) is 44.4 Å². The third-order valence-corrected chi connectivity index (χ3v) is 5.90.